The molecule has 1 aromatic heterocycles. The molecule has 17 heavy (non-hydrogen) atoms. The zero-order chi connectivity index (χ0) is 12.4. The van der Waals surface area contributed by atoms with Gasteiger partial charge in [0.2, 0.25) is 11.9 Å². The number of amides is 1. The number of aryl methyl sites for hydroxylation is 2. The average Bonchev–Trinajstić information content (AvgIpc) is 2.29. The minimum absolute atomic E-state index is 0.0377. The Morgan fingerprint density at radius 3 is 2.47 bits per heavy atom. The third-order valence-corrected chi connectivity index (χ3v) is 3.22. The lowest BCUT2D eigenvalue weighted by Gasteiger charge is -2.23. The number of hydrogen-bond acceptors (Lipinski definition) is 4. The van der Waals surface area contributed by atoms with Gasteiger partial charge in [-0.2, -0.15) is 0 Å². The molecular formula is C12H18N4O. The monoisotopic (exact) mass is 234 g/mol. The molecule has 1 aliphatic heterocycles. The second-order valence-corrected chi connectivity index (χ2v) is 4.47. The zero-order valence-electron chi connectivity index (χ0n) is 10.5. The van der Waals surface area contributed by atoms with E-state index in [2.05, 4.69) is 20.6 Å². The molecule has 0 aromatic carbocycles. The summed E-state index contributed by atoms with van der Waals surface area (Å²) in [6, 6.07) is -0.203. The fraction of sp³-hybridized carbons (Fsp3) is 0.583. The maximum Gasteiger partial charge on any atom is 0.242 e. The van der Waals surface area contributed by atoms with E-state index < -0.39 is 0 Å². The number of rotatable bonds is 2. The van der Waals surface area contributed by atoms with E-state index in [9.17, 15) is 4.79 Å². The van der Waals surface area contributed by atoms with E-state index in [1.54, 1.807) is 0 Å². The van der Waals surface area contributed by atoms with Crippen molar-refractivity contribution >= 4 is 11.9 Å². The molecule has 0 radical (unpaired) electrons. The van der Waals surface area contributed by atoms with E-state index in [0.29, 0.717) is 5.95 Å². The Morgan fingerprint density at radius 1 is 1.24 bits per heavy atom. The molecule has 0 aliphatic carbocycles. The van der Waals surface area contributed by atoms with Crippen LogP contribution in [0.3, 0.4) is 0 Å². The summed E-state index contributed by atoms with van der Waals surface area (Å²) in [5.41, 5.74) is 3.01. The second-order valence-electron chi connectivity index (χ2n) is 4.47. The normalized spacial score (nSPS) is 19.9. The summed E-state index contributed by atoms with van der Waals surface area (Å²) in [5, 5.41) is 5.94. The number of hydrogen-bond donors (Lipinski definition) is 2. The predicted octanol–water partition coefficient (Wildman–Crippen LogP) is 1.09. The molecular weight excluding hydrogens is 216 g/mol. The maximum atomic E-state index is 11.6. The Morgan fingerprint density at radius 2 is 1.88 bits per heavy atom. The summed E-state index contributed by atoms with van der Waals surface area (Å²) in [6.07, 6.45) is 1.83. The standard InChI is InChI=1S/C12H18N4O/c1-7-8(2)14-12(15-9(7)3)16-10-5-4-6-13-11(10)17/h10H,4-6H2,1-3H3,(H,13,17)(H,14,15,16). The van der Waals surface area contributed by atoms with Gasteiger partial charge in [0.05, 0.1) is 0 Å². The van der Waals surface area contributed by atoms with Crippen molar-refractivity contribution in [3.8, 4) is 0 Å². The number of carbonyl (C=O) groups is 1. The van der Waals surface area contributed by atoms with Crippen LogP contribution in [-0.2, 0) is 4.79 Å². The molecule has 0 spiro atoms. The van der Waals surface area contributed by atoms with E-state index in [1.165, 1.54) is 0 Å². The van der Waals surface area contributed by atoms with Crippen LogP contribution < -0.4 is 10.6 Å². The van der Waals surface area contributed by atoms with E-state index in [0.717, 1.165) is 36.3 Å². The molecule has 1 aromatic rings. The van der Waals surface area contributed by atoms with Gasteiger partial charge >= 0.3 is 0 Å². The van der Waals surface area contributed by atoms with Crippen LogP contribution in [0.1, 0.15) is 29.8 Å². The Balaban J connectivity index is 2.15. The minimum atomic E-state index is -0.203. The van der Waals surface area contributed by atoms with Crippen molar-refractivity contribution < 1.29 is 4.79 Å². The number of nitrogens with zero attached hydrogens (tertiary/aromatic N) is 2. The molecule has 92 valence electrons. The summed E-state index contributed by atoms with van der Waals surface area (Å²) in [6.45, 7) is 6.68. The highest BCUT2D eigenvalue weighted by molar-refractivity contribution is 5.84. The van der Waals surface area contributed by atoms with Crippen molar-refractivity contribution in [1.29, 1.82) is 0 Å². The van der Waals surface area contributed by atoms with Crippen LogP contribution in [-0.4, -0.2) is 28.5 Å². The SMILES string of the molecule is Cc1nc(NC2CCCNC2=O)nc(C)c1C. The van der Waals surface area contributed by atoms with Gasteiger partial charge in [-0.15, -0.1) is 0 Å². The lowest BCUT2D eigenvalue weighted by atomic mass is 10.1. The predicted molar refractivity (Wildman–Crippen MR) is 65.9 cm³/mol. The summed E-state index contributed by atoms with van der Waals surface area (Å²) in [4.78, 5) is 20.3. The Bertz CT molecular complexity index is 421. The molecule has 2 rings (SSSR count). The summed E-state index contributed by atoms with van der Waals surface area (Å²) >= 11 is 0. The average molecular weight is 234 g/mol. The molecule has 1 aliphatic rings. The number of aromatic nitrogens is 2. The second kappa shape index (κ2) is 4.69. The molecule has 1 saturated heterocycles. The first-order chi connectivity index (χ1) is 8.08. The van der Waals surface area contributed by atoms with Crippen molar-refractivity contribution in [2.45, 2.75) is 39.7 Å². The highest BCUT2D eigenvalue weighted by Gasteiger charge is 2.22. The van der Waals surface area contributed by atoms with Crippen LogP contribution in [0.15, 0.2) is 0 Å². The van der Waals surface area contributed by atoms with Crippen molar-refractivity contribution in [1.82, 2.24) is 15.3 Å². The van der Waals surface area contributed by atoms with E-state index in [1.807, 2.05) is 20.8 Å². The van der Waals surface area contributed by atoms with Gasteiger partial charge in [0.15, 0.2) is 0 Å². The van der Waals surface area contributed by atoms with Crippen LogP contribution in [0, 0.1) is 20.8 Å². The molecule has 2 N–H and O–H groups in total. The van der Waals surface area contributed by atoms with Crippen molar-refractivity contribution in [3.05, 3.63) is 17.0 Å². The Kier molecular flexibility index (Phi) is 3.26. The van der Waals surface area contributed by atoms with Gasteiger partial charge < -0.3 is 10.6 Å². The highest BCUT2D eigenvalue weighted by Crippen LogP contribution is 2.13. The van der Waals surface area contributed by atoms with Crippen LogP contribution >= 0.6 is 0 Å². The number of carbonyl (C=O) groups excluding carboxylic acids is 1. The van der Waals surface area contributed by atoms with Crippen LogP contribution in [0.25, 0.3) is 0 Å². The molecule has 1 fully saturated rings. The first-order valence-electron chi connectivity index (χ1n) is 5.94. The number of anilines is 1. The van der Waals surface area contributed by atoms with E-state index in [4.69, 9.17) is 0 Å². The maximum absolute atomic E-state index is 11.6. The fourth-order valence-corrected chi connectivity index (χ4v) is 1.90. The molecule has 1 atom stereocenters. The lowest BCUT2D eigenvalue weighted by molar-refractivity contribution is -0.123. The number of nitrogens with one attached hydrogen (secondary N) is 2. The van der Waals surface area contributed by atoms with Gasteiger partial charge in [0.1, 0.15) is 6.04 Å². The number of piperidine rings is 1. The Labute approximate surface area is 101 Å². The van der Waals surface area contributed by atoms with Crippen molar-refractivity contribution in [2.75, 3.05) is 11.9 Å². The van der Waals surface area contributed by atoms with Crippen LogP contribution in [0.5, 0.6) is 0 Å². The molecule has 1 unspecified atom stereocenters. The van der Waals surface area contributed by atoms with Gasteiger partial charge in [-0.25, -0.2) is 9.97 Å². The minimum Gasteiger partial charge on any atom is -0.354 e. The van der Waals surface area contributed by atoms with E-state index >= 15 is 0 Å². The summed E-state index contributed by atoms with van der Waals surface area (Å²) < 4.78 is 0. The van der Waals surface area contributed by atoms with Gasteiger partial charge in [0.25, 0.3) is 0 Å². The summed E-state index contributed by atoms with van der Waals surface area (Å²) in [7, 11) is 0. The van der Waals surface area contributed by atoms with Crippen LogP contribution in [0.2, 0.25) is 0 Å². The zero-order valence-corrected chi connectivity index (χ0v) is 10.5. The third kappa shape index (κ3) is 2.54. The smallest absolute Gasteiger partial charge is 0.242 e. The topological polar surface area (TPSA) is 66.9 Å². The van der Waals surface area contributed by atoms with Gasteiger partial charge in [-0.05, 0) is 39.2 Å². The first-order valence-corrected chi connectivity index (χ1v) is 5.94. The first kappa shape index (κ1) is 11.8. The van der Waals surface area contributed by atoms with Gasteiger partial charge in [0, 0.05) is 17.9 Å². The van der Waals surface area contributed by atoms with Crippen LogP contribution in [0.4, 0.5) is 5.95 Å². The van der Waals surface area contributed by atoms with Gasteiger partial charge in [-0.3, -0.25) is 4.79 Å². The third-order valence-electron chi connectivity index (χ3n) is 3.22. The molecule has 5 heteroatoms. The quantitative estimate of drug-likeness (QED) is 0.804. The molecule has 1 amide bonds. The molecule has 2 heterocycles. The lowest BCUT2D eigenvalue weighted by Crippen LogP contribution is -2.44. The summed E-state index contributed by atoms with van der Waals surface area (Å²) in [5.74, 6) is 0.586. The van der Waals surface area contributed by atoms with Crippen molar-refractivity contribution in [2.24, 2.45) is 0 Å². The molecule has 5 nitrogen and oxygen atoms in total. The Hall–Kier alpha value is -1.65. The van der Waals surface area contributed by atoms with Gasteiger partial charge in [-0.1, -0.05) is 0 Å². The van der Waals surface area contributed by atoms with Crippen molar-refractivity contribution in [3.63, 3.8) is 0 Å². The van der Waals surface area contributed by atoms with E-state index in [-0.39, 0.29) is 11.9 Å². The largest absolute Gasteiger partial charge is 0.354 e. The fourth-order valence-electron chi connectivity index (χ4n) is 1.90. The highest BCUT2D eigenvalue weighted by atomic mass is 16.2. The molecule has 0 bridgehead atoms. The molecule has 0 saturated carbocycles.